The summed E-state index contributed by atoms with van der Waals surface area (Å²) in [5.41, 5.74) is 2.54. The first-order valence-corrected chi connectivity index (χ1v) is 11.2. The van der Waals surface area contributed by atoms with Crippen LogP contribution in [0.3, 0.4) is 0 Å². The van der Waals surface area contributed by atoms with Crippen LogP contribution in [0.4, 0.5) is 4.79 Å². The van der Waals surface area contributed by atoms with E-state index in [4.69, 9.17) is 9.73 Å². The number of nitrogens with one attached hydrogen (secondary N) is 2. The first-order chi connectivity index (χ1) is 15.1. The number of hydrogen-bond acceptors (Lipinski definition) is 5. The Morgan fingerprint density at radius 3 is 2.69 bits per heavy atom. The zero-order valence-corrected chi connectivity index (χ0v) is 20.0. The maximum Gasteiger partial charge on any atom is 0.407 e. The van der Waals surface area contributed by atoms with Crippen LogP contribution in [0.25, 0.3) is 5.82 Å². The van der Waals surface area contributed by atoms with Gasteiger partial charge in [0, 0.05) is 31.5 Å². The van der Waals surface area contributed by atoms with E-state index in [-0.39, 0.29) is 12.1 Å². The molecule has 32 heavy (non-hydrogen) atoms. The second kappa shape index (κ2) is 10.0. The van der Waals surface area contributed by atoms with Gasteiger partial charge in [-0.15, -0.1) is 0 Å². The van der Waals surface area contributed by atoms with E-state index in [1.807, 2.05) is 70.6 Å². The molecule has 3 rings (SSSR count). The van der Waals surface area contributed by atoms with Gasteiger partial charge in [-0.25, -0.2) is 19.5 Å². The summed E-state index contributed by atoms with van der Waals surface area (Å²) in [6.07, 6.45) is 2.32. The average molecular weight is 442 g/mol. The Morgan fingerprint density at radius 1 is 1.31 bits per heavy atom. The summed E-state index contributed by atoms with van der Waals surface area (Å²) in [4.78, 5) is 23.6. The number of carbonyl (C=O) groups is 1. The third kappa shape index (κ3) is 6.45. The van der Waals surface area contributed by atoms with E-state index >= 15 is 0 Å². The number of ether oxygens (including phenoxy) is 1. The molecule has 1 aliphatic rings. The zero-order valence-electron chi connectivity index (χ0n) is 20.0. The Labute approximate surface area is 190 Å². The van der Waals surface area contributed by atoms with Gasteiger partial charge < -0.3 is 20.3 Å². The Balaban J connectivity index is 1.60. The van der Waals surface area contributed by atoms with Crippen LogP contribution in [0, 0.1) is 13.8 Å². The average Bonchev–Trinajstić information content (AvgIpc) is 3.29. The molecule has 1 amide bonds. The van der Waals surface area contributed by atoms with Crippen LogP contribution in [-0.4, -0.2) is 63.0 Å². The summed E-state index contributed by atoms with van der Waals surface area (Å²) in [5.74, 6) is 1.63. The number of aryl methyl sites for hydroxylation is 2. The summed E-state index contributed by atoms with van der Waals surface area (Å²) in [5, 5.41) is 10.8. The van der Waals surface area contributed by atoms with Crippen molar-refractivity contribution in [2.45, 2.75) is 66.2 Å². The lowest BCUT2D eigenvalue weighted by Gasteiger charge is -2.23. The minimum atomic E-state index is -0.503. The standard InChI is InChI=1S/C23H35N7O2/c1-7-24-21(29-11-10-19(15-29)27-22(31)32-23(4,5)6)26-14-18-8-9-20(25-13-18)30-17(3)12-16(2)28-30/h8-9,12-13,19H,7,10-11,14-15H2,1-6H3,(H,24,26)(H,27,31). The number of pyridine rings is 1. The molecule has 9 heteroatoms. The van der Waals surface area contributed by atoms with Crippen LogP contribution in [-0.2, 0) is 11.3 Å². The van der Waals surface area contributed by atoms with E-state index in [0.717, 1.165) is 48.2 Å². The smallest absolute Gasteiger partial charge is 0.407 e. The number of amides is 1. The molecule has 1 fully saturated rings. The lowest BCUT2D eigenvalue weighted by Crippen LogP contribution is -2.44. The second-order valence-electron chi connectivity index (χ2n) is 9.11. The predicted molar refractivity (Wildman–Crippen MR) is 125 cm³/mol. The van der Waals surface area contributed by atoms with Gasteiger partial charge in [0.15, 0.2) is 11.8 Å². The number of nitrogens with zero attached hydrogens (tertiary/aromatic N) is 5. The van der Waals surface area contributed by atoms with E-state index in [1.54, 1.807) is 0 Å². The Hall–Kier alpha value is -3.10. The van der Waals surface area contributed by atoms with Crippen molar-refractivity contribution in [1.82, 2.24) is 30.3 Å². The SMILES string of the molecule is CCNC(=NCc1ccc(-n2nc(C)cc2C)nc1)N1CCC(NC(=O)OC(C)(C)C)C1. The fourth-order valence-corrected chi connectivity index (χ4v) is 3.63. The number of aromatic nitrogens is 3. The van der Waals surface area contributed by atoms with Gasteiger partial charge in [-0.1, -0.05) is 6.07 Å². The number of carbonyl (C=O) groups excluding carboxylic acids is 1. The van der Waals surface area contributed by atoms with Crippen molar-refractivity contribution >= 4 is 12.1 Å². The maximum atomic E-state index is 12.1. The van der Waals surface area contributed by atoms with Gasteiger partial charge in [0.2, 0.25) is 0 Å². The molecule has 3 heterocycles. The van der Waals surface area contributed by atoms with Gasteiger partial charge in [-0.2, -0.15) is 5.10 Å². The minimum absolute atomic E-state index is 0.0374. The number of alkyl carbamates (subject to hydrolysis) is 1. The van der Waals surface area contributed by atoms with Crippen molar-refractivity contribution in [3.63, 3.8) is 0 Å². The van der Waals surface area contributed by atoms with Gasteiger partial charge in [-0.05, 0) is 65.7 Å². The van der Waals surface area contributed by atoms with Gasteiger partial charge in [0.05, 0.1) is 18.3 Å². The van der Waals surface area contributed by atoms with Crippen molar-refractivity contribution in [1.29, 1.82) is 0 Å². The zero-order chi connectivity index (χ0) is 23.3. The Bertz CT molecular complexity index is 944. The molecular weight excluding hydrogens is 406 g/mol. The first kappa shape index (κ1) is 23.6. The summed E-state index contributed by atoms with van der Waals surface area (Å²) in [7, 11) is 0. The number of likely N-dealkylation sites (tertiary alicyclic amines) is 1. The van der Waals surface area contributed by atoms with Crippen LogP contribution >= 0.6 is 0 Å². The van der Waals surface area contributed by atoms with Gasteiger partial charge in [0.1, 0.15) is 5.60 Å². The van der Waals surface area contributed by atoms with E-state index in [9.17, 15) is 4.79 Å². The molecular formula is C23H35N7O2. The first-order valence-electron chi connectivity index (χ1n) is 11.2. The van der Waals surface area contributed by atoms with Crippen LogP contribution in [0.1, 0.15) is 51.1 Å². The fourth-order valence-electron chi connectivity index (χ4n) is 3.63. The summed E-state index contributed by atoms with van der Waals surface area (Å²) >= 11 is 0. The highest BCUT2D eigenvalue weighted by atomic mass is 16.6. The van der Waals surface area contributed by atoms with Crippen LogP contribution in [0.5, 0.6) is 0 Å². The number of aliphatic imine (C=N–C) groups is 1. The molecule has 1 atom stereocenters. The second-order valence-corrected chi connectivity index (χ2v) is 9.11. The lowest BCUT2D eigenvalue weighted by atomic mass is 10.2. The van der Waals surface area contributed by atoms with E-state index in [1.165, 1.54) is 0 Å². The highest BCUT2D eigenvalue weighted by Gasteiger charge is 2.27. The van der Waals surface area contributed by atoms with E-state index < -0.39 is 5.60 Å². The molecule has 0 aromatic carbocycles. The van der Waals surface area contributed by atoms with Gasteiger partial charge in [0.25, 0.3) is 0 Å². The predicted octanol–water partition coefficient (Wildman–Crippen LogP) is 2.95. The molecule has 1 unspecified atom stereocenters. The van der Waals surface area contributed by atoms with Crippen molar-refractivity contribution in [3.8, 4) is 5.82 Å². The van der Waals surface area contributed by atoms with Crippen LogP contribution in [0.15, 0.2) is 29.4 Å². The van der Waals surface area contributed by atoms with Gasteiger partial charge in [-0.3, -0.25) is 0 Å². The monoisotopic (exact) mass is 441 g/mol. The lowest BCUT2D eigenvalue weighted by molar-refractivity contribution is 0.0507. The summed E-state index contributed by atoms with van der Waals surface area (Å²) < 4.78 is 7.21. The largest absolute Gasteiger partial charge is 0.444 e. The molecule has 1 aliphatic heterocycles. The highest BCUT2D eigenvalue weighted by molar-refractivity contribution is 5.80. The fraction of sp³-hybridized carbons (Fsp3) is 0.565. The third-order valence-electron chi connectivity index (χ3n) is 4.99. The summed E-state index contributed by atoms with van der Waals surface area (Å²) in [6, 6.07) is 6.07. The van der Waals surface area contributed by atoms with Crippen LogP contribution in [0.2, 0.25) is 0 Å². The van der Waals surface area contributed by atoms with Crippen molar-refractivity contribution in [3.05, 3.63) is 41.3 Å². The van der Waals surface area contributed by atoms with Crippen molar-refractivity contribution in [2.75, 3.05) is 19.6 Å². The third-order valence-corrected chi connectivity index (χ3v) is 4.99. The van der Waals surface area contributed by atoms with Crippen molar-refractivity contribution < 1.29 is 9.53 Å². The Kier molecular flexibility index (Phi) is 7.37. The number of guanidine groups is 1. The highest BCUT2D eigenvalue weighted by Crippen LogP contribution is 2.14. The Morgan fingerprint density at radius 2 is 2.09 bits per heavy atom. The molecule has 2 N–H and O–H groups in total. The maximum absolute atomic E-state index is 12.1. The molecule has 0 spiro atoms. The quantitative estimate of drug-likeness (QED) is 0.547. The number of hydrogen-bond donors (Lipinski definition) is 2. The molecule has 1 saturated heterocycles. The molecule has 0 aliphatic carbocycles. The van der Waals surface area contributed by atoms with Crippen molar-refractivity contribution in [2.24, 2.45) is 4.99 Å². The molecule has 2 aromatic heterocycles. The molecule has 0 radical (unpaired) electrons. The normalized spacial score (nSPS) is 16.9. The van der Waals surface area contributed by atoms with E-state index in [2.05, 4.69) is 25.6 Å². The van der Waals surface area contributed by atoms with Gasteiger partial charge >= 0.3 is 6.09 Å². The summed E-state index contributed by atoms with van der Waals surface area (Å²) in [6.45, 7) is 14.4. The molecule has 9 nitrogen and oxygen atoms in total. The molecule has 174 valence electrons. The van der Waals surface area contributed by atoms with Crippen LogP contribution < -0.4 is 10.6 Å². The molecule has 0 saturated carbocycles. The number of rotatable bonds is 5. The topological polar surface area (TPSA) is 96.7 Å². The minimum Gasteiger partial charge on any atom is -0.444 e. The van der Waals surface area contributed by atoms with E-state index in [0.29, 0.717) is 13.1 Å². The molecule has 2 aromatic rings. The molecule has 0 bridgehead atoms.